The first-order valence-corrected chi connectivity index (χ1v) is 8.72. The number of carbonyl (C=O) groups is 2. The Bertz CT molecular complexity index is 619. The molecule has 0 aliphatic carbocycles. The van der Waals surface area contributed by atoms with Gasteiger partial charge in [-0.25, -0.2) is 0 Å². The zero-order chi connectivity index (χ0) is 16.5. The molecule has 3 fully saturated rings. The third-order valence-corrected chi connectivity index (χ3v) is 5.33. The molecular formula is C18H23N3O3. The van der Waals surface area contributed by atoms with Gasteiger partial charge in [-0.15, -0.1) is 0 Å². The summed E-state index contributed by atoms with van der Waals surface area (Å²) in [7, 11) is 0. The van der Waals surface area contributed by atoms with Crippen LogP contribution in [0, 0.1) is 11.8 Å². The van der Waals surface area contributed by atoms with Crippen LogP contribution in [0.4, 0.5) is 5.69 Å². The number of anilines is 1. The Kier molecular flexibility index (Phi) is 4.14. The third kappa shape index (κ3) is 2.98. The number of carbonyl (C=O) groups excluding carboxylic acids is 2. The van der Waals surface area contributed by atoms with E-state index in [-0.39, 0.29) is 18.4 Å². The minimum Gasteiger partial charge on any atom is -0.484 e. The Morgan fingerprint density at radius 1 is 1.17 bits per heavy atom. The largest absolute Gasteiger partial charge is 0.484 e. The Labute approximate surface area is 141 Å². The Balaban J connectivity index is 1.29. The van der Waals surface area contributed by atoms with Gasteiger partial charge in [-0.3, -0.25) is 9.59 Å². The molecule has 6 heteroatoms. The van der Waals surface area contributed by atoms with Gasteiger partial charge in [0.2, 0.25) is 5.91 Å². The maximum atomic E-state index is 12.3. The van der Waals surface area contributed by atoms with Crippen LogP contribution in [0.2, 0.25) is 0 Å². The van der Waals surface area contributed by atoms with E-state index in [1.165, 1.54) is 0 Å². The van der Waals surface area contributed by atoms with E-state index in [4.69, 9.17) is 4.74 Å². The van der Waals surface area contributed by atoms with Crippen molar-refractivity contribution >= 4 is 17.5 Å². The Morgan fingerprint density at radius 2 is 1.88 bits per heavy atom. The van der Waals surface area contributed by atoms with Crippen molar-refractivity contribution in [1.29, 1.82) is 0 Å². The second kappa shape index (κ2) is 6.43. The van der Waals surface area contributed by atoms with E-state index in [1.807, 2.05) is 29.2 Å². The van der Waals surface area contributed by atoms with Gasteiger partial charge >= 0.3 is 0 Å². The smallest absolute Gasteiger partial charge is 0.260 e. The van der Waals surface area contributed by atoms with Crippen molar-refractivity contribution in [3.8, 4) is 5.75 Å². The number of nitrogens with one attached hydrogen (secondary N) is 1. The first-order chi connectivity index (χ1) is 11.7. The zero-order valence-corrected chi connectivity index (χ0v) is 13.7. The molecule has 6 nitrogen and oxygen atoms in total. The van der Waals surface area contributed by atoms with Gasteiger partial charge in [0.25, 0.3) is 5.91 Å². The van der Waals surface area contributed by atoms with Crippen molar-refractivity contribution in [3.05, 3.63) is 24.3 Å². The topological polar surface area (TPSA) is 61.9 Å². The second-order valence-electron chi connectivity index (χ2n) is 6.91. The SMILES string of the molecule is O=C(COc1ccc(N2CCCC2=O)cc1)N1C[C@H]2CNC[C@H]2C1. The lowest BCUT2D eigenvalue weighted by Gasteiger charge is -2.18. The summed E-state index contributed by atoms with van der Waals surface area (Å²) in [4.78, 5) is 27.8. The van der Waals surface area contributed by atoms with Crippen molar-refractivity contribution in [2.45, 2.75) is 12.8 Å². The molecule has 1 aromatic carbocycles. The number of ether oxygens (including phenoxy) is 1. The summed E-state index contributed by atoms with van der Waals surface area (Å²) in [6.45, 7) is 4.59. The molecule has 2 amide bonds. The van der Waals surface area contributed by atoms with Gasteiger partial charge in [0.15, 0.2) is 6.61 Å². The van der Waals surface area contributed by atoms with Gasteiger partial charge in [-0.1, -0.05) is 0 Å². The Morgan fingerprint density at radius 3 is 2.50 bits per heavy atom. The number of amides is 2. The highest BCUT2D eigenvalue weighted by Crippen LogP contribution is 2.27. The number of hydrogen-bond donors (Lipinski definition) is 1. The molecule has 0 saturated carbocycles. The third-order valence-electron chi connectivity index (χ3n) is 5.33. The van der Waals surface area contributed by atoms with Crippen LogP contribution >= 0.6 is 0 Å². The van der Waals surface area contributed by atoms with Gasteiger partial charge in [-0.2, -0.15) is 0 Å². The van der Waals surface area contributed by atoms with E-state index in [0.717, 1.165) is 44.8 Å². The van der Waals surface area contributed by atoms with Crippen LogP contribution in [-0.2, 0) is 9.59 Å². The summed E-state index contributed by atoms with van der Waals surface area (Å²) in [6.07, 6.45) is 1.54. The molecule has 0 spiro atoms. The summed E-state index contributed by atoms with van der Waals surface area (Å²) in [6, 6.07) is 7.43. The summed E-state index contributed by atoms with van der Waals surface area (Å²) >= 11 is 0. The molecule has 3 aliphatic heterocycles. The summed E-state index contributed by atoms with van der Waals surface area (Å²) in [5, 5.41) is 3.38. The van der Waals surface area contributed by atoms with E-state index in [2.05, 4.69) is 5.32 Å². The molecule has 1 aromatic rings. The summed E-state index contributed by atoms with van der Waals surface area (Å²) in [5.41, 5.74) is 0.899. The lowest BCUT2D eigenvalue weighted by Crippen LogP contribution is -2.35. The molecule has 0 aromatic heterocycles. The normalized spacial score (nSPS) is 26.1. The van der Waals surface area contributed by atoms with Crippen LogP contribution in [0.25, 0.3) is 0 Å². The maximum absolute atomic E-state index is 12.3. The standard InChI is InChI=1S/C18H23N3O3/c22-17-2-1-7-21(17)15-3-5-16(6-4-15)24-12-18(23)20-10-13-8-19-9-14(13)11-20/h3-6,13-14,19H,1-2,7-12H2/t13-,14+. The van der Waals surface area contributed by atoms with Gasteiger partial charge in [0, 0.05) is 44.8 Å². The van der Waals surface area contributed by atoms with Crippen molar-refractivity contribution in [1.82, 2.24) is 10.2 Å². The molecule has 3 aliphatic rings. The number of likely N-dealkylation sites (tertiary alicyclic amines) is 1. The molecule has 3 saturated heterocycles. The highest BCUT2D eigenvalue weighted by Gasteiger charge is 2.38. The number of benzene rings is 1. The van der Waals surface area contributed by atoms with Crippen LogP contribution in [0.3, 0.4) is 0 Å². The molecule has 0 radical (unpaired) electrons. The monoisotopic (exact) mass is 329 g/mol. The van der Waals surface area contributed by atoms with E-state index in [0.29, 0.717) is 24.0 Å². The van der Waals surface area contributed by atoms with Crippen LogP contribution in [-0.4, -0.2) is 56.0 Å². The molecule has 0 unspecified atom stereocenters. The Hall–Kier alpha value is -2.08. The molecule has 4 rings (SSSR count). The van der Waals surface area contributed by atoms with E-state index in [9.17, 15) is 9.59 Å². The lowest BCUT2D eigenvalue weighted by atomic mass is 10.0. The van der Waals surface area contributed by atoms with Gasteiger partial charge in [0.05, 0.1) is 0 Å². The average Bonchev–Trinajstić information content (AvgIpc) is 3.28. The average molecular weight is 329 g/mol. The lowest BCUT2D eigenvalue weighted by molar-refractivity contribution is -0.132. The summed E-state index contributed by atoms with van der Waals surface area (Å²) < 4.78 is 5.64. The molecule has 0 bridgehead atoms. The summed E-state index contributed by atoms with van der Waals surface area (Å²) in [5.74, 6) is 2.10. The van der Waals surface area contributed by atoms with E-state index >= 15 is 0 Å². The van der Waals surface area contributed by atoms with Crippen LogP contribution in [0.5, 0.6) is 5.75 Å². The van der Waals surface area contributed by atoms with Crippen LogP contribution in [0.1, 0.15) is 12.8 Å². The fourth-order valence-electron chi connectivity index (χ4n) is 3.94. The van der Waals surface area contributed by atoms with Crippen LogP contribution in [0.15, 0.2) is 24.3 Å². The number of hydrogen-bond acceptors (Lipinski definition) is 4. The van der Waals surface area contributed by atoms with Crippen molar-refractivity contribution in [2.75, 3.05) is 44.2 Å². The van der Waals surface area contributed by atoms with Crippen LogP contribution < -0.4 is 15.0 Å². The highest BCUT2D eigenvalue weighted by molar-refractivity contribution is 5.95. The fourth-order valence-corrected chi connectivity index (χ4v) is 3.94. The highest BCUT2D eigenvalue weighted by atomic mass is 16.5. The fraction of sp³-hybridized carbons (Fsp3) is 0.556. The zero-order valence-electron chi connectivity index (χ0n) is 13.7. The number of fused-ring (bicyclic) bond motifs is 1. The first kappa shape index (κ1) is 15.4. The van der Waals surface area contributed by atoms with Gasteiger partial charge < -0.3 is 19.9 Å². The first-order valence-electron chi connectivity index (χ1n) is 8.72. The molecule has 128 valence electrons. The predicted molar refractivity (Wildman–Crippen MR) is 90.0 cm³/mol. The van der Waals surface area contributed by atoms with Crippen molar-refractivity contribution in [3.63, 3.8) is 0 Å². The minimum absolute atomic E-state index is 0.0585. The van der Waals surface area contributed by atoms with Gasteiger partial charge in [-0.05, 0) is 42.5 Å². The van der Waals surface area contributed by atoms with Crippen molar-refractivity contribution in [2.24, 2.45) is 11.8 Å². The maximum Gasteiger partial charge on any atom is 0.260 e. The molecule has 3 heterocycles. The number of rotatable bonds is 4. The minimum atomic E-state index is 0.0585. The predicted octanol–water partition coefficient (Wildman–Crippen LogP) is 0.870. The molecular weight excluding hydrogens is 306 g/mol. The van der Waals surface area contributed by atoms with E-state index in [1.54, 1.807) is 4.90 Å². The van der Waals surface area contributed by atoms with Gasteiger partial charge in [0.1, 0.15) is 5.75 Å². The number of nitrogens with zero attached hydrogens (tertiary/aromatic N) is 2. The van der Waals surface area contributed by atoms with E-state index < -0.39 is 0 Å². The molecule has 24 heavy (non-hydrogen) atoms. The van der Waals surface area contributed by atoms with Crippen molar-refractivity contribution < 1.29 is 14.3 Å². The quantitative estimate of drug-likeness (QED) is 0.890. The molecule has 1 N–H and O–H groups in total. The second-order valence-corrected chi connectivity index (χ2v) is 6.91. The molecule has 2 atom stereocenters.